The molecule has 2 aromatic heterocycles. The van der Waals surface area contributed by atoms with Crippen LogP contribution in [-0.4, -0.2) is 36.6 Å². The number of nitrogens with one attached hydrogen (secondary N) is 1. The van der Waals surface area contributed by atoms with Crippen LogP contribution in [0.15, 0.2) is 42.5 Å². The number of aromatic nitrogens is 4. The standard InChI is InChI=1S/C26H22ClF4N5O2/c1-13(15-3-2-4-15)32-21-20-22(34-23(33-21)25(37)38)35-24(16-7-10-19(28)18(27)11-16)36(20)12-14-5-8-17(9-6-14)26(29,30)31/h5-11,13,15H,2-4,12H2,1H3,(H,37,38)(H,32,33,34). The number of nitrogens with zero attached hydrogens (tertiary/aromatic N) is 4. The number of benzene rings is 2. The van der Waals surface area contributed by atoms with Crippen molar-refractivity contribution in [1.82, 2.24) is 19.5 Å². The number of rotatable bonds is 7. The zero-order valence-corrected chi connectivity index (χ0v) is 20.8. The number of carboxylic acids is 1. The van der Waals surface area contributed by atoms with Crippen molar-refractivity contribution in [3.63, 3.8) is 0 Å². The number of hydrogen-bond donors (Lipinski definition) is 2. The summed E-state index contributed by atoms with van der Waals surface area (Å²) >= 11 is 6.02. The fourth-order valence-electron chi connectivity index (χ4n) is 4.50. The Balaban J connectivity index is 1.69. The molecule has 2 aromatic carbocycles. The molecule has 198 valence electrons. The largest absolute Gasteiger partial charge is 0.475 e. The Morgan fingerprint density at radius 2 is 1.87 bits per heavy atom. The van der Waals surface area contributed by atoms with Crippen LogP contribution >= 0.6 is 11.6 Å². The van der Waals surface area contributed by atoms with Gasteiger partial charge in [-0.05, 0) is 61.6 Å². The number of alkyl halides is 3. The lowest BCUT2D eigenvalue weighted by Gasteiger charge is -2.32. The molecule has 1 aliphatic carbocycles. The summed E-state index contributed by atoms with van der Waals surface area (Å²) in [5.74, 6) is -1.53. The molecule has 1 aliphatic rings. The van der Waals surface area contributed by atoms with Gasteiger partial charge in [0, 0.05) is 18.2 Å². The molecule has 12 heteroatoms. The smallest absolute Gasteiger partial charge is 0.416 e. The molecule has 0 bridgehead atoms. The van der Waals surface area contributed by atoms with E-state index in [1.165, 1.54) is 30.3 Å². The van der Waals surface area contributed by atoms with E-state index in [1.807, 2.05) is 6.92 Å². The van der Waals surface area contributed by atoms with Crippen LogP contribution in [0.4, 0.5) is 23.4 Å². The number of carboxylic acid groups (broad SMARTS) is 1. The third kappa shape index (κ3) is 5.02. The van der Waals surface area contributed by atoms with Gasteiger partial charge in [0.25, 0.3) is 0 Å². The number of imidazole rings is 1. The van der Waals surface area contributed by atoms with E-state index in [0.29, 0.717) is 22.6 Å². The van der Waals surface area contributed by atoms with Gasteiger partial charge in [-0.15, -0.1) is 0 Å². The van der Waals surface area contributed by atoms with Gasteiger partial charge in [0.2, 0.25) is 5.82 Å². The maximum atomic E-state index is 13.9. The van der Waals surface area contributed by atoms with E-state index in [9.17, 15) is 27.5 Å². The summed E-state index contributed by atoms with van der Waals surface area (Å²) in [7, 11) is 0. The highest BCUT2D eigenvalue weighted by molar-refractivity contribution is 6.31. The number of anilines is 1. The van der Waals surface area contributed by atoms with E-state index in [4.69, 9.17) is 11.6 Å². The van der Waals surface area contributed by atoms with Crippen molar-refractivity contribution < 1.29 is 27.5 Å². The second-order valence-corrected chi connectivity index (χ2v) is 9.75. The normalized spacial score (nSPS) is 14.9. The quantitative estimate of drug-likeness (QED) is 0.252. The molecule has 0 aliphatic heterocycles. The van der Waals surface area contributed by atoms with Crippen LogP contribution in [0.5, 0.6) is 0 Å². The lowest BCUT2D eigenvalue weighted by atomic mass is 9.80. The third-order valence-electron chi connectivity index (χ3n) is 6.82. The Bertz CT molecular complexity index is 1520. The van der Waals surface area contributed by atoms with Gasteiger partial charge >= 0.3 is 12.1 Å². The van der Waals surface area contributed by atoms with Gasteiger partial charge in [-0.25, -0.2) is 24.1 Å². The summed E-state index contributed by atoms with van der Waals surface area (Å²) in [6.07, 6.45) is -1.32. The Labute approximate surface area is 219 Å². The molecule has 1 fully saturated rings. The summed E-state index contributed by atoms with van der Waals surface area (Å²) in [5, 5.41) is 12.8. The fraction of sp³-hybridized carbons (Fsp3) is 0.308. The highest BCUT2D eigenvalue weighted by Crippen LogP contribution is 2.35. The summed E-state index contributed by atoms with van der Waals surface area (Å²) in [4.78, 5) is 24.7. The molecule has 38 heavy (non-hydrogen) atoms. The lowest BCUT2D eigenvalue weighted by Crippen LogP contribution is -2.31. The van der Waals surface area contributed by atoms with Crippen molar-refractivity contribution in [2.75, 3.05) is 5.32 Å². The Morgan fingerprint density at radius 1 is 1.16 bits per heavy atom. The van der Waals surface area contributed by atoms with Gasteiger partial charge in [-0.1, -0.05) is 30.2 Å². The van der Waals surface area contributed by atoms with Gasteiger partial charge in [-0.2, -0.15) is 13.2 Å². The molecule has 2 N–H and O–H groups in total. The molecule has 2 heterocycles. The number of hydrogen-bond acceptors (Lipinski definition) is 5. The molecule has 0 radical (unpaired) electrons. The van der Waals surface area contributed by atoms with Crippen LogP contribution < -0.4 is 5.32 Å². The molecule has 5 rings (SSSR count). The maximum Gasteiger partial charge on any atom is 0.416 e. The summed E-state index contributed by atoms with van der Waals surface area (Å²) in [5.41, 5.74) is 0.594. The van der Waals surface area contributed by atoms with E-state index < -0.39 is 29.4 Å². The van der Waals surface area contributed by atoms with E-state index >= 15 is 0 Å². The molecule has 1 atom stereocenters. The average molecular weight is 548 g/mol. The zero-order chi connectivity index (χ0) is 27.2. The van der Waals surface area contributed by atoms with Gasteiger partial charge < -0.3 is 15.0 Å². The fourth-order valence-corrected chi connectivity index (χ4v) is 4.68. The van der Waals surface area contributed by atoms with Crippen LogP contribution in [0.2, 0.25) is 5.02 Å². The number of aromatic carboxylic acids is 1. The second kappa shape index (κ2) is 9.86. The Morgan fingerprint density at radius 3 is 2.45 bits per heavy atom. The summed E-state index contributed by atoms with van der Waals surface area (Å²) in [6, 6.07) is 8.66. The predicted molar refractivity (Wildman–Crippen MR) is 134 cm³/mol. The Kier molecular flexibility index (Phi) is 6.72. The molecule has 1 saturated carbocycles. The molecule has 4 aromatic rings. The zero-order valence-electron chi connectivity index (χ0n) is 20.1. The minimum atomic E-state index is -4.48. The van der Waals surface area contributed by atoms with Crippen LogP contribution in [0.25, 0.3) is 22.6 Å². The SMILES string of the molecule is CC(Nc1nc(C(=O)O)nc2nc(-c3ccc(F)c(Cl)c3)n(Cc3ccc(C(F)(F)F)cc3)c12)C1CCC1. The van der Waals surface area contributed by atoms with E-state index in [2.05, 4.69) is 20.3 Å². The van der Waals surface area contributed by atoms with Gasteiger partial charge in [0.15, 0.2) is 11.5 Å². The number of fused-ring (bicyclic) bond motifs is 1. The first kappa shape index (κ1) is 25.9. The van der Waals surface area contributed by atoms with Crippen molar-refractivity contribution in [3.8, 4) is 11.4 Å². The lowest BCUT2D eigenvalue weighted by molar-refractivity contribution is -0.137. The second-order valence-electron chi connectivity index (χ2n) is 9.34. The molecular formula is C26H22ClF4N5O2. The number of carbonyl (C=O) groups is 1. The first-order chi connectivity index (χ1) is 18.0. The highest BCUT2D eigenvalue weighted by atomic mass is 35.5. The van der Waals surface area contributed by atoms with E-state index in [-0.39, 0.29) is 34.9 Å². The maximum absolute atomic E-state index is 13.9. The minimum Gasteiger partial charge on any atom is -0.475 e. The average Bonchev–Trinajstić information content (AvgIpc) is 3.18. The van der Waals surface area contributed by atoms with Crippen molar-refractivity contribution in [3.05, 3.63) is 70.3 Å². The number of halogens is 5. The summed E-state index contributed by atoms with van der Waals surface area (Å²) < 4.78 is 54.9. The van der Waals surface area contributed by atoms with Gasteiger partial charge in [-0.3, -0.25) is 0 Å². The Hall–Kier alpha value is -3.73. The van der Waals surface area contributed by atoms with Crippen molar-refractivity contribution in [1.29, 1.82) is 0 Å². The van der Waals surface area contributed by atoms with Crippen LogP contribution in [0.1, 0.15) is 47.9 Å². The van der Waals surface area contributed by atoms with Gasteiger partial charge in [0.05, 0.1) is 10.6 Å². The molecule has 7 nitrogen and oxygen atoms in total. The van der Waals surface area contributed by atoms with Crippen molar-refractivity contribution in [2.24, 2.45) is 5.92 Å². The molecule has 0 saturated heterocycles. The monoisotopic (exact) mass is 547 g/mol. The van der Waals surface area contributed by atoms with E-state index in [1.54, 1.807) is 4.57 Å². The molecular weight excluding hydrogens is 526 g/mol. The first-order valence-electron chi connectivity index (χ1n) is 11.9. The van der Waals surface area contributed by atoms with Gasteiger partial charge in [0.1, 0.15) is 17.2 Å². The van der Waals surface area contributed by atoms with Crippen molar-refractivity contribution in [2.45, 2.75) is 44.9 Å². The first-order valence-corrected chi connectivity index (χ1v) is 12.3. The topological polar surface area (TPSA) is 92.9 Å². The third-order valence-corrected chi connectivity index (χ3v) is 7.11. The van der Waals surface area contributed by atoms with E-state index in [0.717, 1.165) is 31.4 Å². The molecule has 0 spiro atoms. The summed E-state index contributed by atoms with van der Waals surface area (Å²) in [6.45, 7) is 2.04. The predicted octanol–water partition coefficient (Wildman–Crippen LogP) is 6.65. The molecule has 0 amide bonds. The minimum absolute atomic E-state index is 0.0263. The van der Waals surface area contributed by atoms with Crippen LogP contribution in [0.3, 0.4) is 0 Å². The van der Waals surface area contributed by atoms with Crippen LogP contribution in [0, 0.1) is 11.7 Å². The van der Waals surface area contributed by atoms with Crippen LogP contribution in [-0.2, 0) is 12.7 Å². The van der Waals surface area contributed by atoms with Crippen molar-refractivity contribution >= 4 is 34.6 Å². The highest BCUT2D eigenvalue weighted by Gasteiger charge is 2.30. The molecule has 1 unspecified atom stereocenters.